The van der Waals surface area contributed by atoms with E-state index in [-0.39, 0.29) is 5.75 Å². The van der Waals surface area contributed by atoms with Gasteiger partial charge < -0.3 is 24.1 Å². The van der Waals surface area contributed by atoms with Crippen LogP contribution in [-0.4, -0.2) is 29.5 Å². The molecule has 0 aliphatic carbocycles. The second-order valence-corrected chi connectivity index (χ2v) is 6.71. The van der Waals surface area contributed by atoms with E-state index in [4.69, 9.17) is 18.9 Å². The number of H-pyrrole nitrogens is 1. The lowest BCUT2D eigenvalue weighted by Gasteiger charge is -2.11. The summed E-state index contributed by atoms with van der Waals surface area (Å²) in [4.78, 5) is 0. The summed E-state index contributed by atoms with van der Waals surface area (Å²) in [6, 6.07) is 19.9. The number of aromatic amines is 1. The monoisotopic (exact) mass is 418 g/mol. The Morgan fingerprint density at radius 2 is 1.58 bits per heavy atom. The number of methoxy groups -OCH3 is 2. The van der Waals surface area contributed by atoms with Crippen molar-refractivity contribution in [2.24, 2.45) is 0 Å². The number of phenols is 1. The number of aromatic hydroxyl groups is 1. The predicted molar refractivity (Wildman–Crippen MR) is 116 cm³/mol. The Hall–Kier alpha value is -4.13. The fourth-order valence-corrected chi connectivity index (χ4v) is 3.06. The number of benzene rings is 3. The number of phenolic OH excluding ortho intramolecular Hbond substituents is 1. The molecule has 0 atom stereocenters. The minimum atomic E-state index is 0.0481. The Balaban J connectivity index is 1.48. The summed E-state index contributed by atoms with van der Waals surface area (Å²) < 4.78 is 22.1. The van der Waals surface area contributed by atoms with Gasteiger partial charge in [-0.2, -0.15) is 5.10 Å². The average Bonchev–Trinajstić information content (AvgIpc) is 3.26. The number of hydrogen-bond acceptors (Lipinski definition) is 6. The lowest BCUT2D eigenvalue weighted by Crippen LogP contribution is -1.96. The van der Waals surface area contributed by atoms with Crippen molar-refractivity contribution >= 4 is 0 Å². The lowest BCUT2D eigenvalue weighted by atomic mass is 10.1. The molecule has 0 aliphatic rings. The second kappa shape index (κ2) is 9.13. The Bertz CT molecular complexity index is 1150. The van der Waals surface area contributed by atoms with Crippen LogP contribution < -0.4 is 18.9 Å². The zero-order valence-corrected chi connectivity index (χ0v) is 17.2. The van der Waals surface area contributed by atoms with Crippen LogP contribution in [0.1, 0.15) is 5.56 Å². The number of aromatic nitrogens is 2. The molecule has 0 spiro atoms. The van der Waals surface area contributed by atoms with Gasteiger partial charge in [-0.15, -0.1) is 0 Å². The van der Waals surface area contributed by atoms with Crippen molar-refractivity contribution in [2.75, 3.05) is 14.2 Å². The molecule has 3 aromatic carbocycles. The topological polar surface area (TPSA) is 85.8 Å². The molecule has 4 aromatic rings. The maximum absolute atomic E-state index is 10.6. The van der Waals surface area contributed by atoms with Crippen LogP contribution in [0.3, 0.4) is 0 Å². The SMILES string of the molecule is COc1ccc(Oc2cn[nH]c2-c2ccc(OCc3cccc(OC)c3)cc2O)cc1. The van der Waals surface area contributed by atoms with Gasteiger partial charge in [-0.3, -0.25) is 5.10 Å². The van der Waals surface area contributed by atoms with Crippen molar-refractivity contribution in [2.45, 2.75) is 6.61 Å². The highest BCUT2D eigenvalue weighted by Gasteiger charge is 2.15. The van der Waals surface area contributed by atoms with Crippen molar-refractivity contribution in [1.29, 1.82) is 0 Å². The number of ether oxygens (including phenoxy) is 4. The van der Waals surface area contributed by atoms with Crippen molar-refractivity contribution in [1.82, 2.24) is 10.2 Å². The quantitative estimate of drug-likeness (QED) is 0.411. The molecular weight excluding hydrogens is 396 g/mol. The zero-order valence-electron chi connectivity index (χ0n) is 17.2. The first-order valence-corrected chi connectivity index (χ1v) is 9.60. The molecule has 1 aromatic heterocycles. The molecule has 158 valence electrons. The van der Waals surface area contributed by atoms with E-state index >= 15 is 0 Å². The van der Waals surface area contributed by atoms with E-state index in [0.717, 1.165) is 17.1 Å². The van der Waals surface area contributed by atoms with Gasteiger partial charge in [-0.25, -0.2) is 0 Å². The first-order chi connectivity index (χ1) is 15.2. The van der Waals surface area contributed by atoms with E-state index in [1.165, 1.54) is 0 Å². The summed E-state index contributed by atoms with van der Waals surface area (Å²) in [5, 5.41) is 17.5. The third kappa shape index (κ3) is 4.72. The number of nitrogens with zero attached hydrogens (tertiary/aromatic N) is 1. The fourth-order valence-electron chi connectivity index (χ4n) is 3.06. The van der Waals surface area contributed by atoms with Crippen LogP contribution in [0.2, 0.25) is 0 Å². The smallest absolute Gasteiger partial charge is 0.173 e. The van der Waals surface area contributed by atoms with Gasteiger partial charge in [0.15, 0.2) is 5.75 Å². The highest BCUT2D eigenvalue weighted by atomic mass is 16.5. The molecular formula is C24H22N2O5. The van der Waals surface area contributed by atoms with Crippen molar-refractivity contribution in [3.8, 4) is 45.8 Å². The fraction of sp³-hybridized carbons (Fsp3) is 0.125. The zero-order chi connectivity index (χ0) is 21.6. The highest BCUT2D eigenvalue weighted by Crippen LogP contribution is 2.38. The van der Waals surface area contributed by atoms with Crippen LogP contribution >= 0.6 is 0 Å². The van der Waals surface area contributed by atoms with Crippen molar-refractivity contribution in [3.63, 3.8) is 0 Å². The van der Waals surface area contributed by atoms with Crippen LogP contribution in [0.5, 0.6) is 34.5 Å². The molecule has 0 fully saturated rings. The molecule has 0 saturated heterocycles. The maximum Gasteiger partial charge on any atom is 0.173 e. The lowest BCUT2D eigenvalue weighted by molar-refractivity contribution is 0.303. The third-order valence-electron chi connectivity index (χ3n) is 4.67. The molecule has 0 amide bonds. The highest BCUT2D eigenvalue weighted by molar-refractivity contribution is 5.73. The molecule has 7 heteroatoms. The molecule has 2 N–H and O–H groups in total. The van der Waals surface area contributed by atoms with Crippen molar-refractivity contribution in [3.05, 3.63) is 78.5 Å². The first kappa shape index (κ1) is 20.2. The van der Waals surface area contributed by atoms with E-state index in [0.29, 0.717) is 35.1 Å². The van der Waals surface area contributed by atoms with Gasteiger partial charge in [0.25, 0.3) is 0 Å². The number of rotatable bonds is 8. The maximum atomic E-state index is 10.6. The van der Waals surface area contributed by atoms with E-state index in [1.54, 1.807) is 62.9 Å². The normalized spacial score (nSPS) is 10.5. The van der Waals surface area contributed by atoms with E-state index in [9.17, 15) is 5.11 Å². The summed E-state index contributed by atoms with van der Waals surface area (Å²) in [5.74, 6) is 3.21. The van der Waals surface area contributed by atoms with Crippen LogP contribution in [-0.2, 0) is 6.61 Å². The van der Waals surface area contributed by atoms with Gasteiger partial charge >= 0.3 is 0 Å². The molecule has 4 rings (SSSR count). The average molecular weight is 418 g/mol. The van der Waals surface area contributed by atoms with Gasteiger partial charge in [0.2, 0.25) is 0 Å². The van der Waals surface area contributed by atoms with Crippen LogP contribution in [0.25, 0.3) is 11.3 Å². The minimum absolute atomic E-state index is 0.0481. The van der Waals surface area contributed by atoms with Gasteiger partial charge in [0.1, 0.15) is 41.0 Å². The van der Waals surface area contributed by atoms with Gasteiger partial charge in [0, 0.05) is 11.6 Å². The number of hydrogen-bond donors (Lipinski definition) is 2. The minimum Gasteiger partial charge on any atom is -0.507 e. The molecule has 0 bridgehead atoms. The Kier molecular flexibility index (Phi) is 5.93. The molecule has 0 radical (unpaired) electrons. The van der Waals surface area contributed by atoms with Gasteiger partial charge in [0.05, 0.1) is 20.4 Å². The molecule has 0 unspecified atom stereocenters. The molecule has 0 aliphatic heterocycles. The van der Waals surface area contributed by atoms with Crippen molar-refractivity contribution < 1.29 is 24.1 Å². The summed E-state index contributed by atoms with van der Waals surface area (Å²) in [7, 11) is 3.23. The first-order valence-electron chi connectivity index (χ1n) is 9.60. The van der Waals surface area contributed by atoms with E-state index in [2.05, 4.69) is 10.2 Å². The van der Waals surface area contributed by atoms with Gasteiger partial charge in [-0.1, -0.05) is 12.1 Å². The Morgan fingerprint density at radius 1 is 0.839 bits per heavy atom. The van der Waals surface area contributed by atoms with Crippen LogP contribution in [0.4, 0.5) is 0 Å². The molecule has 1 heterocycles. The Morgan fingerprint density at radius 3 is 2.32 bits per heavy atom. The summed E-state index contributed by atoms with van der Waals surface area (Å²) in [6.45, 7) is 0.353. The summed E-state index contributed by atoms with van der Waals surface area (Å²) in [6.07, 6.45) is 1.56. The van der Waals surface area contributed by atoms with E-state index in [1.807, 2.05) is 24.3 Å². The Labute approximate surface area is 179 Å². The predicted octanol–water partition coefficient (Wildman–Crippen LogP) is 5.17. The second-order valence-electron chi connectivity index (χ2n) is 6.71. The van der Waals surface area contributed by atoms with Crippen LogP contribution in [0.15, 0.2) is 72.9 Å². The summed E-state index contributed by atoms with van der Waals surface area (Å²) in [5.41, 5.74) is 2.08. The molecule has 7 nitrogen and oxygen atoms in total. The van der Waals surface area contributed by atoms with E-state index < -0.39 is 0 Å². The molecule has 31 heavy (non-hydrogen) atoms. The van der Waals surface area contributed by atoms with Gasteiger partial charge in [-0.05, 0) is 54.1 Å². The van der Waals surface area contributed by atoms with Crippen LogP contribution in [0, 0.1) is 0 Å². The summed E-state index contributed by atoms with van der Waals surface area (Å²) >= 11 is 0. The number of nitrogens with one attached hydrogen (secondary N) is 1. The third-order valence-corrected chi connectivity index (χ3v) is 4.67. The molecule has 0 saturated carbocycles. The standard InChI is InChI=1S/C24H22N2O5/c1-28-17-6-8-18(9-7-17)31-23-14-25-26-24(23)21-11-10-20(13-22(21)27)30-15-16-4-3-5-19(12-16)29-2/h3-14,27H,15H2,1-2H3,(H,25,26). The largest absolute Gasteiger partial charge is 0.507 e.